The van der Waals surface area contributed by atoms with Crippen molar-refractivity contribution in [2.24, 2.45) is 11.3 Å². The third-order valence-corrected chi connectivity index (χ3v) is 5.51. The summed E-state index contributed by atoms with van der Waals surface area (Å²) < 4.78 is 5.55. The van der Waals surface area contributed by atoms with E-state index in [0.29, 0.717) is 5.41 Å². The molecule has 134 valence electrons. The van der Waals surface area contributed by atoms with Crippen LogP contribution in [0.2, 0.25) is 0 Å². The van der Waals surface area contributed by atoms with E-state index in [1.807, 2.05) is 25.7 Å². The number of hydrogen-bond acceptors (Lipinski definition) is 3. The van der Waals surface area contributed by atoms with Crippen LogP contribution in [-0.2, 0) is 4.74 Å². The van der Waals surface area contributed by atoms with Gasteiger partial charge in [-0.3, -0.25) is 0 Å². The highest BCUT2D eigenvalue weighted by Gasteiger charge is 2.43. The van der Waals surface area contributed by atoms with Gasteiger partial charge in [-0.2, -0.15) is 0 Å². The molecule has 1 aliphatic heterocycles. The molecule has 2 rings (SSSR count). The molecule has 0 N–H and O–H groups in total. The van der Waals surface area contributed by atoms with E-state index in [1.165, 1.54) is 32.1 Å². The first kappa shape index (κ1) is 18.6. The Balaban J connectivity index is 2.00. The normalized spacial score (nSPS) is 23.1. The number of ether oxygens (including phenoxy) is 1. The molecule has 0 spiro atoms. The Morgan fingerprint density at radius 3 is 2.17 bits per heavy atom. The molecule has 0 aromatic heterocycles. The number of amides is 1. The number of hydrogen-bond donors (Lipinski definition) is 0. The van der Waals surface area contributed by atoms with Crippen LogP contribution in [0.3, 0.4) is 0 Å². The average Bonchev–Trinajstić information content (AvgIpc) is 2.46. The molecule has 1 saturated heterocycles. The van der Waals surface area contributed by atoms with Crippen LogP contribution in [0.15, 0.2) is 0 Å². The fourth-order valence-electron chi connectivity index (χ4n) is 4.50. The van der Waals surface area contributed by atoms with Gasteiger partial charge in [-0.15, -0.1) is 0 Å². The molecule has 0 aromatic rings. The van der Waals surface area contributed by atoms with Crippen LogP contribution in [0.25, 0.3) is 0 Å². The maximum Gasteiger partial charge on any atom is 0.410 e. The summed E-state index contributed by atoms with van der Waals surface area (Å²) in [6, 6.07) is 0. The van der Waals surface area contributed by atoms with Crippen LogP contribution in [0.1, 0.15) is 65.7 Å². The van der Waals surface area contributed by atoms with Gasteiger partial charge in [0, 0.05) is 19.6 Å². The maximum atomic E-state index is 12.3. The number of rotatable bonds is 3. The van der Waals surface area contributed by atoms with Gasteiger partial charge in [0.05, 0.1) is 0 Å². The number of carbonyl (C=O) groups excluding carboxylic acids is 1. The lowest BCUT2D eigenvalue weighted by atomic mass is 9.63. The second-order valence-corrected chi connectivity index (χ2v) is 8.90. The van der Waals surface area contributed by atoms with E-state index < -0.39 is 5.60 Å². The van der Waals surface area contributed by atoms with Gasteiger partial charge in [-0.1, -0.05) is 19.3 Å². The zero-order valence-electron chi connectivity index (χ0n) is 15.9. The molecular formula is C19H36N2O2. The van der Waals surface area contributed by atoms with Gasteiger partial charge in [-0.05, 0) is 71.9 Å². The first-order valence-electron chi connectivity index (χ1n) is 9.34. The SMILES string of the molecule is CN(C)CC1(C2CCCCC2)CCN(C(=O)OC(C)(C)C)CC1. The smallest absolute Gasteiger partial charge is 0.410 e. The van der Waals surface area contributed by atoms with Crippen LogP contribution in [0, 0.1) is 11.3 Å². The molecule has 1 amide bonds. The molecule has 0 atom stereocenters. The summed E-state index contributed by atoms with van der Waals surface area (Å²) in [4.78, 5) is 16.6. The molecule has 0 unspecified atom stereocenters. The van der Waals surface area contributed by atoms with Gasteiger partial charge in [-0.25, -0.2) is 4.79 Å². The van der Waals surface area contributed by atoms with Gasteiger partial charge < -0.3 is 14.5 Å². The number of nitrogens with zero attached hydrogens (tertiary/aromatic N) is 2. The van der Waals surface area contributed by atoms with E-state index in [1.54, 1.807) is 0 Å². The fraction of sp³-hybridized carbons (Fsp3) is 0.947. The van der Waals surface area contributed by atoms with Crippen molar-refractivity contribution in [3.05, 3.63) is 0 Å². The summed E-state index contributed by atoms with van der Waals surface area (Å²) in [6.07, 6.45) is 9.02. The molecule has 1 aliphatic carbocycles. The van der Waals surface area contributed by atoms with Crippen molar-refractivity contribution in [1.29, 1.82) is 0 Å². The molecule has 1 heterocycles. The van der Waals surface area contributed by atoms with Crippen LogP contribution in [0.5, 0.6) is 0 Å². The number of carbonyl (C=O) groups is 1. The van der Waals surface area contributed by atoms with Gasteiger partial charge >= 0.3 is 6.09 Å². The summed E-state index contributed by atoms with van der Waals surface area (Å²) in [6.45, 7) is 8.66. The summed E-state index contributed by atoms with van der Waals surface area (Å²) >= 11 is 0. The van der Waals surface area contributed by atoms with Gasteiger partial charge in [0.1, 0.15) is 5.60 Å². The molecular weight excluding hydrogens is 288 g/mol. The lowest BCUT2D eigenvalue weighted by molar-refractivity contribution is -0.0143. The van der Waals surface area contributed by atoms with Crippen molar-refractivity contribution in [3.63, 3.8) is 0 Å². The second kappa shape index (κ2) is 7.42. The van der Waals surface area contributed by atoms with Gasteiger partial charge in [0.2, 0.25) is 0 Å². The van der Waals surface area contributed by atoms with E-state index in [2.05, 4.69) is 19.0 Å². The lowest BCUT2D eigenvalue weighted by Crippen LogP contribution is -2.51. The molecule has 4 heteroatoms. The predicted octanol–water partition coefficient (Wildman–Crippen LogP) is 4.15. The molecule has 23 heavy (non-hydrogen) atoms. The Kier molecular flexibility index (Phi) is 5.99. The zero-order valence-corrected chi connectivity index (χ0v) is 15.9. The van der Waals surface area contributed by atoms with Gasteiger partial charge in [0.15, 0.2) is 0 Å². The highest BCUT2D eigenvalue weighted by atomic mass is 16.6. The first-order chi connectivity index (χ1) is 10.7. The van der Waals surface area contributed by atoms with Gasteiger partial charge in [0.25, 0.3) is 0 Å². The third kappa shape index (κ3) is 5.10. The van der Waals surface area contributed by atoms with Crippen molar-refractivity contribution >= 4 is 6.09 Å². The minimum Gasteiger partial charge on any atom is -0.444 e. The monoisotopic (exact) mass is 324 g/mol. The van der Waals surface area contributed by atoms with Crippen LogP contribution in [0.4, 0.5) is 4.79 Å². The average molecular weight is 325 g/mol. The Morgan fingerprint density at radius 2 is 1.70 bits per heavy atom. The molecule has 0 aromatic carbocycles. The van der Waals surface area contributed by atoms with Crippen molar-refractivity contribution in [2.75, 3.05) is 33.7 Å². The highest BCUT2D eigenvalue weighted by Crippen LogP contribution is 2.46. The fourth-order valence-corrected chi connectivity index (χ4v) is 4.50. The molecule has 2 aliphatic rings. The first-order valence-corrected chi connectivity index (χ1v) is 9.34. The van der Waals surface area contributed by atoms with E-state index in [-0.39, 0.29) is 6.09 Å². The Hall–Kier alpha value is -0.770. The van der Waals surface area contributed by atoms with E-state index in [0.717, 1.165) is 38.4 Å². The van der Waals surface area contributed by atoms with Crippen molar-refractivity contribution in [3.8, 4) is 0 Å². The third-order valence-electron chi connectivity index (χ3n) is 5.51. The van der Waals surface area contributed by atoms with Crippen LogP contribution in [-0.4, -0.2) is 55.2 Å². The van der Waals surface area contributed by atoms with Crippen molar-refractivity contribution in [2.45, 2.75) is 71.3 Å². The van der Waals surface area contributed by atoms with Crippen LogP contribution < -0.4 is 0 Å². The zero-order chi connectivity index (χ0) is 17.1. The minimum atomic E-state index is -0.404. The number of piperidine rings is 1. The van der Waals surface area contributed by atoms with Crippen LogP contribution >= 0.6 is 0 Å². The largest absolute Gasteiger partial charge is 0.444 e. The molecule has 0 radical (unpaired) electrons. The van der Waals surface area contributed by atoms with Crippen molar-refractivity contribution < 1.29 is 9.53 Å². The second-order valence-electron chi connectivity index (χ2n) is 8.90. The predicted molar refractivity (Wildman–Crippen MR) is 94.6 cm³/mol. The highest BCUT2D eigenvalue weighted by molar-refractivity contribution is 5.68. The molecule has 0 bridgehead atoms. The molecule has 2 fully saturated rings. The van der Waals surface area contributed by atoms with Crippen molar-refractivity contribution in [1.82, 2.24) is 9.80 Å². The molecule has 1 saturated carbocycles. The topological polar surface area (TPSA) is 32.8 Å². The standard InChI is InChI=1S/C19H36N2O2/c1-18(2,3)23-17(22)21-13-11-19(12-14-21,15-20(4)5)16-9-7-6-8-10-16/h16H,6-15H2,1-5H3. The van der Waals surface area contributed by atoms with E-state index in [4.69, 9.17) is 4.74 Å². The quantitative estimate of drug-likeness (QED) is 0.782. The molecule has 4 nitrogen and oxygen atoms in total. The Morgan fingerprint density at radius 1 is 1.13 bits per heavy atom. The Bertz CT molecular complexity index is 387. The Labute approximate surface area is 142 Å². The maximum absolute atomic E-state index is 12.3. The summed E-state index contributed by atoms with van der Waals surface area (Å²) in [5, 5.41) is 0. The summed E-state index contributed by atoms with van der Waals surface area (Å²) in [5.74, 6) is 0.833. The number of likely N-dealkylation sites (tertiary alicyclic amines) is 1. The van der Waals surface area contributed by atoms with E-state index >= 15 is 0 Å². The lowest BCUT2D eigenvalue weighted by Gasteiger charge is -2.49. The summed E-state index contributed by atoms with van der Waals surface area (Å²) in [7, 11) is 4.37. The summed E-state index contributed by atoms with van der Waals surface area (Å²) in [5.41, 5.74) is -0.0128. The minimum absolute atomic E-state index is 0.139. The van der Waals surface area contributed by atoms with E-state index in [9.17, 15) is 4.79 Å².